The molecule has 2 aliphatic carbocycles. The van der Waals surface area contributed by atoms with Crippen LogP contribution in [-0.4, -0.2) is 41.8 Å². The fraction of sp³-hybridized carbons (Fsp3) is 0.423. The highest BCUT2D eigenvalue weighted by molar-refractivity contribution is 5.85. The molecule has 3 atom stereocenters. The fourth-order valence-electron chi connectivity index (χ4n) is 4.94. The number of rotatable bonds is 7. The number of carbonyl (C=O) groups excluding carboxylic acids is 2. The van der Waals surface area contributed by atoms with Crippen LogP contribution in [0.15, 0.2) is 48.5 Å². The Morgan fingerprint density at radius 2 is 1.61 bits per heavy atom. The maximum Gasteiger partial charge on any atom is 0.407 e. The lowest BCUT2D eigenvalue weighted by molar-refractivity contribution is -0.143. The molecule has 174 valence electrons. The zero-order valence-corrected chi connectivity index (χ0v) is 18.9. The first kappa shape index (κ1) is 22.8. The van der Waals surface area contributed by atoms with Crippen LogP contribution in [0.25, 0.3) is 11.1 Å². The molecule has 2 aromatic carbocycles. The fourth-order valence-corrected chi connectivity index (χ4v) is 4.94. The highest BCUT2D eigenvalue weighted by Crippen LogP contribution is 2.44. The summed E-state index contributed by atoms with van der Waals surface area (Å²) in [6.45, 7) is 3.76. The zero-order valence-electron chi connectivity index (χ0n) is 18.9. The van der Waals surface area contributed by atoms with E-state index in [1.807, 2.05) is 24.3 Å². The summed E-state index contributed by atoms with van der Waals surface area (Å²) in [5.74, 6) is -1.83. The van der Waals surface area contributed by atoms with Gasteiger partial charge in [-0.3, -0.25) is 4.79 Å². The van der Waals surface area contributed by atoms with Crippen molar-refractivity contribution in [3.63, 3.8) is 0 Å². The van der Waals surface area contributed by atoms with Gasteiger partial charge in [0.05, 0.1) is 0 Å². The van der Waals surface area contributed by atoms with Crippen molar-refractivity contribution in [2.75, 3.05) is 6.61 Å². The SMILES string of the molecule is CC(C)[C@H](NC(=O)C1CCC(NC(=O)OCC2c3ccccc3-c3ccccc32)C1)C(=O)O. The topological polar surface area (TPSA) is 105 Å². The first-order chi connectivity index (χ1) is 15.8. The Balaban J connectivity index is 1.30. The van der Waals surface area contributed by atoms with Crippen molar-refractivity contribution >= 4 is 18.0 Å². The first-order valence-electron chi connectivity index (χ1n) is 11.5. The van der Waals surface area contributed by atoms with Crippen LogP contribution in [0.4, 0.5) is 4.79 Å². The van der Waals surface area contributed by atoms with E-state index in [1.165, 1.54) is 11.1 Å². The molecule has 2 aromatic rings. The minimum absolute atomic E-state index is 0.00533. The average molecular weight is 451 g/mol. The van der Waals surface area contributed by atoms with Crippen molar-refractivity contribution in [1.29, 1.82) is 0 Å². The standard InChI is InChI=1S/C26H30N2O5/c1-15(2)23(25(30)31)28-24(29)16-11-12-17(13-16)27-26(32)33-14-22-20-9-5-3-7-18(20)19-8-4-6-10-21(19)22/h3-10,15-17,22-23H,11-14H2,1-2H3,(H,27,32)(H,28,29)(H,30,31)/t16?,17?,23-/m0/s1. The molecule has 7 heteroatoms. The maximum absolute atomic E-state index is 12.5. The molecule has 33 heavy (non-hydrogen) atoms. The second-order valence-corrected chi connectivity index (χ2v) is 9.25. The minimum atomic E-state index is -1.04. The number of fused-ring (bicyclic) bond motifs is 3. The molecule has 3 N–H and O–H groups in total. The van der Waals surface area contributed by atoms with Gasteiger partial charge in [-0.15, -0.1) is 0 Å². The smallest absolute Gasteiger partial charge is 0.407 e. The van der Waals surface area contributed by atoms with Gasteiger partial charge in [-0.05, 0) is 47.4 Å². The lowest BCUT2D eigenvalue weighted by Crippen LogP contribution is -2.46. The maximum atomic E-state index is 12.5. The first-order valence-corrected chi connectivity index (χ1v) is 11.5. The number of nitrogens with one attached hydrogen (secondary N) is 2. The molecule has 0 aliphatic heterocycles. The molecule has 7 nitrogen and oxygen atoms in total. The summed E-state index contributed by atoms with van der Waals surface area (Å²) in [5, 5.41) is 14.8. The Labute approximate surface area is 193 Å². The lowest BCUT2D eigenvalue weighted by Gasteiger charge is -2.20. The third-order valence-corrected chi connectivity index (χ3v) is 6.70. The summed E-state index contributed by atoms with van der Waals surface area (Å²) < 4.78 is 5.60. The van der Waals surface area contributed by atoms with E-state index in [9.17, 15) is 19.5 Å². The molecule has 2 aliphatic rings. The van der Waals surface area contributed by atoms with Gasteiger partial charge < -0.3 is 20.5 Å². The van der Waals surface area contributed by atoms with E-state index >= 15 is 0 Å². The van der Waals surface area contributed by atoms with Gasteiger partial charge in [-0.1, -0.05) is 62.4 Å². The molecule has 0 bridgehead atoms. The van der Waals surface area contributed by atoms with Crippen molar-refractivity contribution in [1.82, 2.24) is 10.6 Å². The largest absolute Gasteiger partial charge is 0.480 e. The van der Waals surface area contributed by atoms with Crippen LogP contribution in [0.5, 0.6) is 0 Å². The van der Waals surface area contributed by atoms with E-state index < -0.39 is 18.1 Å². The van der Waals surface area contributed by atoms with Gasteiger partial charge in [0.15, 0.2) is 0 Å². The highest BCUT2D eigenvalue weighted by atomic mass is 16.5. The molecule has 4 rings (SSSR count). The number of hydrogen-bond acceptors (Lipinski definition) is 4. The van der Waals surface area contributed by atoms with Crippen molar-refractivity contribution in [2.24, 2.45) is 11.8 Å². The lowest BCUT2D eigenvalue weighted by atomic mass is 9.98. The molecule has 0 radical (unpaired) electrons. The van der Waals surface area contributed by atoms with Gasteiger partial charge in [-0.2, -0.15) is 0 Å². The van der Waals surface area contributed by atoms with E-state index in [1.54, 1.807) is 13.8 Å². The van der Waals surface area contributed by atoms with Crippen LogP contribution in [0.2, 0.25) is 0 Å². The van der Waals surface area contributed by atoms with Gasteiger partial charge in [0.25, 0.3) is 0 Å². The Morgan fingerprint density at radius 3 is 2.18 bits per heavy atom. The Hall–Kier alpha value is -3.35. The number of amides is 2. The van der Waals surface area contributed by atoms with E-state index in [2.05, 4.69) is 34.9 Å². The number of alkyl carbamates (subject to hydrolysis) is 1. The van der Waals surface area contributed by atoms with E-state index in [4.69, 9.17) is 4.74 Å². The second kappa shape index (κ2) is 9.65. The summed E-state index contributed by atoms with van der Waals surface area (Å²) in [6.07, 6.45) is 1.24. The van der Waals surface area contributed by atoms with Gasteiger partial charge >= 0.3 is 12.1 Å². The van der Waals surface area contributed by atoms with Gasteiger partial charge in [0, 0.05) is 17.9 Å². The second-order valence-electron chi connectivity index (χ2n) is 9.25. The molecule has 0 heterocycles. The molecule has 0 spiro atoms. The quantitative estimate of drug-likeness (QED) is 0.593. The van der Waals surface area contributed by atoms with Crippen LogP contribution in [0.3, 0.4) is 0 Å². The number of ether oxygens (including phenoxy) is 1. The number of aliphatic carboxylic acids is 1. The monoisotopic (exact) mass is 450 g/mol. The van der Waals surface area contributed by atoms with Gasteiger partial charge in [0.2, 0.25) is 5.91 Å². The summed E-state index contributed by atoms with van der Waals surface area (Å²) in [6, 6.07) is 15.3. The predicted octanol–water partition coefficient (Wildman–Crippen LogP) is 3.92. The normalized spacial score (nSPS) is 20.1. The summed E-state index contributed by atoms with van der Waals surface area (Å²) in [5.41, 5.74) is 4.66. The molecular weight excluding hydrogens is 420 g/mol. The van der Waals surface area contributed by atoms with Crippen LogP contribution >= 0.6 is 0 Å². The Morgan fingerprint density at radius 1 is 1.00 bits per heavy atom. The van der Waals surface area contributed by atoms with Crippen molar-refractivity contribution < 1.29 is 24.2 Å². The van der Waals surface area contributed by atoms with E-state index in [-0.39, 0.29) is 36.3 Å². The number of carbonyl (C=O) groups is 3. The highest BCUT2D eigenvalue weighted by Gasteiger charge is 2.34. The number of benzene rings is 2. The molecule has 2 amide bonds. The van der Waals surface area contributed by atoms with Crippen LogP contribution in [0, 0.1) is 11.8 Å². The van der Waals surface area contributed by atoms with Gasteiger partial charge in [-0.25, -0.2) is 9.59 Å². The number of hydrogen-bond donors (Lipinski definition) is 3. The average Bonchev–Trinajstić information content (AvgIpc) is 3.38. The van der Waals surface area contributed by atoms with E-state index in [0.29, 0.717) is 19.3 Å². The van der Waals surface area contributed by atoms with Gasteiger partial charge in [0.1, 0.15) is 12.6 Å². The molecule has 2 unspecified atom stereocenters. The minimum Gasteiger partial charge on any atom is -0.480 e. The summed E-state index contributed by atoms with van der Waals surface area (Å²) >= 11 is 0. The van der Waals surface area contributed by atoms with Crippen molar-refractivity contribution in [3.8, 4) is 11.1 Å². The Kier molecular flexibility index (Phi) is 6.67. The Bertz CT molecular complexity index is 1000. The molecule has 1 fully saturated rings. The molecular formula is C26H30N2O5. The number of carboxylic acid groups (broad SMARTS) is 1. The predicted molar refractivity (Wildman–Crippen MR) is 124 cm³/mol. The molecule has 0 saturated heterocycles. The third kappa shape index (κ3) is 4.87. The summed E-state index contributed by atoms with van der Waals surface area (Å²) in [7, 11) is 0. The van der Waals surface area contributed by atoms with Crippen LogP contribution in [0.1, 0.15) is 50.2 Å². The van der Waals surface area contributed by atoms with E-state index in [0.717, 1.165) is 11.1 Å². The molecule has 1 saturated carbocycles. The van der Waals surface area contributed by atoms with Crippen LogP contribution < -0.4 is 10.6 Å². The third-order valence-electron chi connectivity index (χ3n) is 6.70. The molecule has 0 aromatic heterocycles. The summed E-state index contributed by atoms with van der Waals surface area (Å²) in [4.78, 5) is 36.4. The van der Waals surface area contributed by atoms with Crippen molar-refractivity contribution in [3.05, 3.63) is 59.7 Å². The van der Waals surface area contributed by atoms with Crippen molar-refractivity contribution in [2.45, 2.75) is 51.1 Å². The zero-order chi connectivity index (χ0) is 23.5. The van der Waals surface area contributed by atoms with Crippen LogP contribution in [-0.2, 0) is 14.3 Å². The number of carboxylic acids is 1.